The van der Waals surface area contributed by atoms with Crippen molar-refractivity contribution in [3.05, 3.63) is 0 Å². The Labute approximate surface area is 80.8 Å². The lowest BCUT2D eigenvalue weighted by Crippen LogP contribution is -2.39. The number of carbonyl (C=O) groups excluding carboxylic acids is 1. The first-order valence-electron chi connectivity index (χ1n) is 4.94. The van der Waals surface area contributed by atoms with Crippen molar-refractivity contribution >= 4 is 5.91 Å². The summed E-state index contributed by atoms with van der Waals surface area (Å²) in [5.74, 6) is 0.300. The fourth-order valence-corrected chi connectivity index (χ4v) is 1.31. The Hall–Kier alpha value is -0.570. The third-order valence-corrected chi connectivity index (χ3v) is 2.16. The molecular formula is C10H21NO2. The number of ether oxygens (including phenoxy) is 1. The Bertz CT molecular complexity index is 144. The van der Waals surface area contributed by atoms with Gasteiger partial charge in [0, 0.05) is 19.1 Å². The molecule has 0 fully saturated rings. The lowest BCUT2D eigenvalue weighted by molar-refractivity contribution is -0.126. The van der Waals surface area contributed by atoms with Gasteiger partial charge in [0.05, 0.1) is 6.61 Å². The van der Waals surface area contributed by atoms with Gasteiger partial charge >= 0.3 is 0 Å². The van der Waals surface area contributed by atoms with Crippen LogP contribution in [0.2, 0.25) is 0 Å². The second kappa shape index (κ2) is 6.89. The van der Waals surface area contributed by atoms with Crippen LogP contribution in [0.15, 0.2) is 0 Å². The van der Waals surface area contributed by atoms with E-state index in [-0.39, 0.29) is 17.9 Å². The largest absolute Gasteiger partial charge is 0.383 e. The van der Waals surface area contributed by atoms with Gasteiger partial charge in [0.1, 0.15) is 0 Å². The van der Waals surface area contributed by atoms with Crippen LogP contribution < -0.4 is 5.32 Å². The molecule has 3 heteroatoms. The van der Waals surface area contributed by atoms with Crippen LogP contribution in [0.3, 0.4) is 0 Å². The molecule has 13 heavy (non-hydrogen) atoms. The summed E-state index contributed by atoms with van der Waals surface area (Å²) in [7, 11) is 1.64. The lowest BCUT2D eigenvalue weighted by atomic mass is 10.0. The molecule has 78 valence electrons. The highest BCUT2D eigenvalue weighted by molar-refractivity contribution is 5.78. The predicted molar refractivity (Wildman–Crippen MR) is 53.6 cm³/mol. The minimum Gasteiger partial charge on any atom is -0.383 e. The molecule has 0 aliphatic heterocycles. The third kappa shape index (κ3) is 4.88. The van der Waals surface area contributed by atoms with E-state index in [1.807, 2.05) is 20.8 Å². The molecule has 0 aliphatic rings. The third-order valence-electron chi connectivity index (χ3n) is 2.16. The van der Waals surface area contributed by atoms with E-state index in [9.17, 15) is 4.79 Å². The van der Waals surface area contributed by atoms with Gasteiger partial charge in [-0.05, 0) is 19.8 Å². The zero-order valence-corrected chi connectivity index (χ0v) is 9.09. The fourth-order valence-electron chi connectivity index (χ4n) is 1.31. The summed E-state index contributed by atoms with van der Waals surface area (Å²) < 4.78 is 4.94. The molecule has 1 N–H and O–H groups in total. The number of carbonyl (C=O) groups is 1. The normalized spacial score (nSPS) is 13.0. The van der Waals surface area contributed by atoms with Crippen molar-refractivity contribution < 1.29 is 9.53 Å². The van der Waals surface area contributed by atoms with Crippen molar-refractivity contribution in [3.8, 4) is 0 Å². The van der Waals surface area contributed by atoms with Crippen molar-refractivity contribution in [1.82, 2.24) is 5.32 Å². The van der Waals surface area contributed by atoms with Gasteiger partial charge in [0.15, 0.2) is 0 Å². The number of rotatable bonds is 6. The van der Waals surface area contributed by atoms with Gasteiger partial charge in [-0.2, -0.15) is 0 Å². The number of methoxy groups -OCH3 is 1. The molecule has 0 saturated carbocycles. The smallest absolute Gasteiger partial charge is 0.223 e. The maximum atomic E-state index is 11.5. The van der Waals surface area contributed by atoms with Crippen LogP contribution in [0, 0.1) is 5.92 Å². The summed E-state index contributed by atoms with van der Waals surface area (Å²) in [6, 6.07) is 0.109. The number of nitrogens with one attached hydrogen (secondary N) is 1. The van der Waals surface area contributed by atoms with Gasteiger partial charge in [-0.3, -0.25) is 4.79 Å². The summed E-state index contributed by atoms with van der Waals surface area (Å²) in [6.07, 6.45) is 1.81. The highest BCUT2D eigenvalue weighted by atomic mass is 16.5. The van der Waals surface area contributed by atoms with E-state index in [4.69, 9.17) is 4.74 Å². The molecule has 1 unspecified atom stereocenters. The molecule has 1 amide bonds. The molecule has 0 aromatic rings. The Morgan fingerprint density at radius 2 is 1.92 bits per heavy atom. The van der Waals surface area contributed by atoms with Crippen molar-refractivity contribution in [2.75, 3.05) is 13.7 Å². The number of hydrogen-bond donors (Lipinski definition) is 1. The quantitative estimate of drug-likeness (QED) is 0.685. The summed E-state index contributed by atoms with van der Waals surface area (Å²) in [5, 5.41) is 2.92. The summed E-state index contributed by atoms with van der Waals surface area (Å²) in [5.41, 5.74) is 0. The van der Waals surface area contributed by atoms with Crippen molar-refractivity contribution in [1.29, 1.82) is 0 Å². The average Bonchev–Trinajstić information content (AvgIpc) is 2.06. The molecule has 0 aliphatic carbocycles. The molecule has 0 saturated heterocycles. The maximum absolute atomic E-state index is 11.5. The van der Waals surface area contributed by atoms with Crippen LogP contribution in [0.4, 0.5) is 0 Å². The Morgan fingerprint density at radius 1 is 1.38 bits per heavy atom. The topological polar surface area (TPSA) is 38.3 Å². The predicted octanol–water partition coefficient (Wildman–Crippen LogP) is 1.57. The lowest BCUT2D eigenvalue weighted by Gasteiger charge is -2.17. The van der Waals surface area contributed by atoms with E-state index in [1.54, 1.807) is 7.11 Å². The molecule has 0 radical (unpaired) electrons. The van der Waals surface area contributed by atoms with E-state index in [0.717, 1.165) is 12.8 Å². The first-order valence-corrected chi connectivity index (χ1v) is 4.94. The molecular weight excluding hydrogens is 166 g/mol. The second-order valence-corrected chi connectivity index (χ2v) is 3.38. The Balaban J connectivity index is 3.83. The molecule has 0 heterocycles. The first-order chi connectivity index (χ1) is 6.15. The average molecular weight is 187 g/mol. The van der Waals surface area contributed by atoms with Crippen LogP contribution in [0.5, 0.6) is 0 Å². The Morgan fingerprint density at radius 3 is 2.31 bits per heavy atom. The van der Waals surface area contributed by atoms with E-state index in [1.165, 1.54) is 0 Å². The van der Waals surface area contributed by atoms with Crippen molar-refractivity contribution in [2.45, 2.75) is 39.7 Å². The highest BCUT2D eigenvalue weighted by Crippen LogP contribution is 2.07. The standard InChI is InChI=1S/C10H21NO2/c1-5-9(6-2)10(12)11-8(3)7-13-4/h8-9H,5-7H2,1-4H3,(H,11,12). The van der Waals surface area contributed by atoms with Gasteiger partial charge in [0.2, 0.25) is 5.91 Å². The molecule has 1 atom stereocenters. The minimum absolute atomic E-state index is 0.109. The first kappa shape index (κ1) is 12.4. The van der Waals surface area contributed by atoms with Crippen LogP contribution in [-0.2, 0) is 9.53 Å². The summed E-state index contributed by atoms with van der Waals surface area (Å²) >= 11 is 0. The van der Waals surface area contributed by atoms with Gasteiger partial charge in [0.25, 0.3) is 0 Å². The van der Waals surface area contributed by atoms with Crippen LogP contribution in [0.1, 0.15) is 33.6 Å². The monoisotopic (exact) mass is 187 g/mol. The summed E-state index contributed by atoms with van der Waals surface area (Å²) in [4.78, 5) is 11.5. The van der Waals surface area contributed by atoms with Crippen molar-refractivity contribution in [2.24, 2.45) is 5.92 Å². The SMILES string of the molecule is CCC(CC)C(=O)NC(C)COC. The fraction of sp³-hybridized carbons (Fsp3) is 0.900. The van der Waals surface area contributed by atoms with E-state index < -0.39 is 0 Å². The zero-order chi connectivity index (χ0) is 10.3. The second-order valence-electron chi connectivity index (χ2n) is 3.38. The number of amides is 1. The maximum Gasteiger partial charge on any atom is 0.223 e. The molecule has 0 aromatic heterocycles. The molecule has 0 rings (SSSR count). The van der Waals surface area contributed by atoms with E-state index >= 15 is 0 Å². The zero-order valence-electron chi connectivity index (χ0n) is 9.09. The van der Waals surface area contributed by atoms with Crippen LogP contribution >= 0.6 is 0 Å². The molecule has 3 nitrogen and oxygen atoms in total. The number of hydrogen-bond acceptors (Lipinski definition) is 2. The molecule has 0 bridgehead atoms. The van der Waals surface area contributed by atoms with E-state index in [0.29, 0.717) is 6.61 Å². The molecule has 0 aromatic carbocycles. The van der Waals surface area contributed by atoms with E-state index in [2.05, 4.69) is 5.32 Å². The molecule has 0 spiro atoms. The van der Waals surface area contributed by atoms with Gasteiger partial charge in [-0.1, -0.05) is 13.8 Å². The van der Waals surface area contributed by atoms with Gasteiger partial charge < -0.3 is 10.1 Å². The van der Waals surface area contributed by atoms with Gasteiger partial charge in [-0.15, -0.1) is 0 Å². The Kier molecular flexibility index (Phi) is 6.59. The summed E-state index contributed by atoms with van der Waals surface area (Å²) in [6.45, 7) is 6.60. The highest BCUT2D eigenvalue weighted by Gasteiger charge is 2.15. The van der Waals surface area contributed by atoms with Crippen LogP contribution in [-0.4, -0.2) is 25.7 Å². The minimum atomic E-state index is 0.109. The van der Waals surface area contributed by atoms with Crippen LogP contribution in [0.25, 0.3) is 0 Å². The van der Waals surface area contributed by atoms with Gasteiger partial charge in [-0.25, -0.2) is 0 Å². The van der Waals surface area contributed by atoms with Crippen molar-refractivity contribution in [3.63, 3.8) is 0 Å².